The smallest absolute Gasteiger partial charge is 0.311 e. The zero-order valence-electron chi connectivity index (χ0n) is 16.5. The number of esters is 1. The molecule has 0 amide bonds. The predicted octanol–water partition coefficient (Wildman–Crippen LogP) is 7.91. The second kappa shape index (κ2) is 9.61. The van der Waals surface area contributed by atoms with Gasteiger partial charge in [-0.15, -0.1) is 0 Å². The summed E-state index contributed by atoms with van der Waals surface area (Å²) in [4.78, 5) is 12.5. The number of halogens is 5. The maximum absolute atomic E-state index is 12.9. The lowest BCUT2D eigenvalue weighted by molar-refractivity contribution is -0.149. The third kappa shape index (κ3) is 5.78. The van der Waals surface area contributed by atoms with Gasteiger partial charge < -0.3 is 9.47 Å². The highest BCUT2D eigenvalue weighted by atomic mass is 79.9. The standard InChI is InChI=1S/C22H18Br3Cl2NO3/c1-21(2)17(19(24)22(25,26)27)18(21)20(29)31-16(11-28)12-4-3-5-15(10-12)30-14-8-6-13(23)7-9-14/h3-10,16-19H,1-2H3/t16?,17-,18-,19?/m0/s1. The van der Waals surface area contributed by atoms with Gasteiger partial charge in [0.05, 0.1) is 10.7 Å². The average Bonchev–Trinajstić information content (AvgIpc) is 3.28. The summed E-state index contributed by atoms with van der Waals surface area (Å²) in [5, 5.41) is 9.64. The van der Waals surface area contributed by atoms with Crippen molar-refractivity contribution < 1.29 is 14.3 Å². The van der Waals surface area contributed by atoms with Crippen molar-refractivity contribution >= 4 is 77.0 Å². The molecule has 1 aliphatic carbocycles. The molecule has 3 rings (SSSR count). The van der Waals surface area contributed by atoms with Crippen molar-refractivity contribution in [2.45, 2.75) is 28.0 Å². The van der Waals surface area contributed by atoms with Gasteiger partial charge in [-0.3, -0.25) is 4.79 Å². The van der Waals surface area contributed by atoms with Crippen LogP contribution in [-0.2, 0) is 9.53 Å². The molecular formula is C22H18Br3Cl2NO3. The molecule has 4 nitrogen and oxygen atoms in total. The molecule has 0 aliphatic heterocycles. The molecule has 0 spiro atoms. The van der Waals surface area contributed by atoms with Crippen LogP contribution in [-0.4, -0.2) is 14.0 Å². The van der Waals surface area contributed by atoms with Gasteiger partial charge in [-0.25, -0.2) is 0 Å². The number of carbonyl (C=O) groups excluding carboxylic acids is 1. The van der Waals surface area contributed by atoms with E-state index in [1.807, 2.05) is 38.1 Å². The zero-order chi connectivity index (χ0) is 23.0. The van der Waals surface area contributed by atoms with Gasteiger partial charge in [-0.05, 0) is 63.7 Å². The van der Waals surface area contributed by atoms with Crippen LogP contribution in [0.25, 0.3) is 0 Å². The topological polar surface area (TPSA) is 59.3 Å². The van der Waals surface area contributed by atoms with Crippen molar-refractivity contribution in [1.82, 2.24) is 0 Å². The molecular weight excluding hydrogens is 637 g/mol. The number of hydrogen-bond acceptors (Lipinski definition) is 4. The molecule has 0 radical (unpaired) electrons. The zero-order valence-corrected chi connectivity index (χ0v) is 22.8. The molecule has 9 heteroatoms. The van der Waals surface area contributed by atoms with Crippen molar-refractivity contribution in [2.75, 3.05) is 0 Å². The number of benzene rings is 2. The summed E-state index contributed by atoms with van der Waals surface area (Å²) in [6.07, 6.45) is -1.06. The number of nitrogens with zero attached hydrogens (tertiary/aromatic N) is 1. The van der Waals surface area contributed by atoms with E-state index < -0.39 is 21.2 Å². The minimum absolute atomic E-state index is 0.152. The summed E-state index contributed by atoms with van der Waals surface area (Å²) in [5.41, 5.74) is 0.154. The molecule has 1 aliphatic rings. The molecule has 0 N–H and O–H groups in total. The number of carbonyl (C=O) groups is 1. The average molecular weight is 655 g/mol. The Bertz CT molecular complexity index is 1000. The van der Waals surface area contributed by atoms with E-state index in [-0.39, 0.29) is 16.2 Å². The molecule has 2 aromatic rings. The quantitative estimate of drug-likeness (QED) is 0.225. The minimum Gasteiger partial charge on any atom is -0.457 e. The molecule has 0 saturated heterocycles. The first-order valence-electron chi connectivity index (χ1n) is 9.29. The second-order valence-corrected chi connectivity index (χ2v) is 13.3. The van der Waals surface area contributed by atoms with Crippen LogP contribution in [0.4, 0.5) is 0 Å². The van der Waals surface area contributed by atoms with Crippen molar-refractivity contribution in [3.05, 3.63) is 58.6 Å². The van der Waals surface area contributed by atoms with Crippen LogP contribution in [0.1, 0.15) is 25.5 Å². The van der Waals surface area contributed by atoms with Crippen LogP contribution in [0.5, 0.6) is 11.5 Å². The van der Waals surface area contributed by atoms with Crippen LogP contribution in [0, 0.1) is 28.6 Å². The first-order chi connectivity index (χ1) is 14.4. The van der Waals surface area contributed by atoms with E-state index >= 15 is 0 Å². The Morgan fingerprint density at radius 3 is 2.42 bits per heavy atom. The highest BCUT2D eigenvalue weighted by Crippen LogP contribution is 2.65. The Labute approximate surface area is 216 Å². The molecule has 4 atom stereocenters. The lowest BCUT2D eigenvalue weighted by Gasteiger charge is -2.20. The fourth-order valence-corrected chi connectivity index (χ4v) is 5.42. The summed E-state index contributed by atoms with van der Waals surface area (Å²) in [5.74, 6) is 0.132. The minimum atomic E-state index is -1.22. The molecule has 1 fully saturated rings. The van der Waals surface area contributed by atoms with E-state index in [4.69, 9.17) is 32.7 Å². The van der Waals surface area contributed by atoms with E-state index in [1.165, 1.54) is 0 Å². The second-order valence-electron chi connectivity index (χ2n) is 7.84. The normalized spacial score (nSPS) is 21.5. The lowest BCUT2D eigenvalue weighted by atomic mass is 10.1. The molecule has 0 bridgehead atoms. The van der Waals surface area contributed by atoms with E-state index in [1.54, 1.807) is 24.3 Å². The molecule has 31 heavy (non-hydrogen) atoms. The van der Waals surface area contributed by atoms with Crippen LogP contribution >= 0.6 is 71.0 Å². The Morgan fingerprint density at radius 2 is 1.84 bits per heavy atom. The van der Waals surface area contributed by atoms with Crippen LogP contribution in [0.2, 0.25) is 0 Å². The van der Waals surface area contributed by atoms with E-state index in [9.17, 15) is 10.1 Å². The molecule has 0 aromatic heterocycles. The highest BCUT2D eigenvalue weighted by Gasteiger charge is 2.67. The molecule has 1 saturated carbocycles. The van der Waals surface area contributed by atoms with E-state index in [0.29, 0.717) is 17.1 Å². The maximum atomic E-state index is 12.9. The number of hydrogen-bond donors (Lipinski definition) is 0. The first-order valence-corrected chi connectivity index (χ1v) is 12.5. The van der Waals surface area contributed by atoms with E-state index in [2.05, 4.69) is 53.9 Å². The summed E-state index contributed by atoms with van der Waals surface area (Å²) in [6.45, 7) is 3.89. The van der Waals surface area contributed by atoms with Gasteiger partial charge in [0.1, 0.15) is 17.6 Å². The van der Waals surface area contributed by atoms with Crippen molar-refractivity contribution in [3.8, 4) is 17.6 Å². The van der Waals surface area contributed by atoms with Crippen molar-refractivity contribution in [2.24, 2.45) is 17.3 Å². The van der Waals surface area contributed by atoms with Crippen LogP contribution < -0.4 is 4.74 Å². The predicted molar refractivity (Wildman–Crippen MR) is 132 cm³/mol. The molecule has 164 valence electrons. The van der Waals surface area contributed by atoms with Gasteiger partial charge >= 0.3 is 5.97 Å². The van der Waals surface area contributed by atoms with Gasteiger partial charge in [0.2, 0.25) is 6.10 Å². The summed E-state index contributed by atoms with van der Waals surface area (Å²) < 4.78 is 11.1. The highest BCUT2D eigenvalue weighted by molar-refractivity contribution is 9.13. The van der Waals surface area contributed by atoms with Gasteiger partial charge in [0, 0.05) is 10.0 Å². The van der Waals surface area contributed by atoms with Gasteiger partial charge in [-0.1, -0.05) is 81.0 Å². The largest absolute Gasteiger partial charge is 0.457 e. The van der Waals surface area contributed by atoms with Gasteiger partial charge in [-0.2, -0.15) is 5.26 Å². The third-order valence-corrected chi connectivity index (χ3v) is 9.24. The molecule has 2 unspecified atom stereocenters. The monoisotopic (exact) mass is 651 g/mol. The summed E-state index contributed by atoms with van der Waals surface area (Å²) in [6, 6.07) is 16.4. The SMILES string of the molecule is CC1(C)[C@H](C(=O)OC(C#N)c2cccc(Oc3ccc(Br)cc3)c2)[C@H]1C(Br)C(Cl)(Cl)Br. The number of alkyl halides is 4. The number of ether oxygens (including phenoxy) is 2. The van der Waals surface area contributed by atoms with Gasteiger partial charge in [0.25, 0.3) is 0 Å². The lowest BCUT2D eigenvalue weighted by Crippen LogP contribution is -2.24. The van der Waals surface area contributed by atoms with E-state index in [0.717, 1.165) is 4.47 Å². The fourth-order valence-electron chi connectivity index (χ4n) is 3.62. The summed E-state index contributed by atoms with van der Waals surface area (Å²) >= 11 is 22.4. The summed E-state index contributed by atoms with van der Waals surface area (Å²) in [7, 11) is 0. The van der Waals surface area contributed by atoms with Crippen LogP contribution in [0.3, 0.4) is 0 Å². The third-order valence-electron chi connectivity index (χ3n) is 5.35. The Morgan fingerprint density at radius 1 is 1.19 bits per heavy atom. The van der Waals surface area contributed by atoms with Gasteiger partial charge in [0.15, 0.2) is 3.24 Å². The Hall–Kier alpha value is -0.780. The molecule has 2 aromatic carbocycles. The van der Waals surface area contributed by atoms with Crippen LogP contribution in [0.15, 0.2) is 53.0 Å². The number of nitriles is 1. The maximum Gasteiger partial charge on any atom is 0.311 e. The Kier molecular flexibility index (Phi) is 7.70. The van der Waals surface area contributed by atoms with Crippen molar-refractivity contribution in [1.29, 1.82) is 5.26 Å². The molecule has 0 heterocycles. The number of rotatable bonds is 7. The first kappa shape index (κ1) is 24.9. The Balaban J connectivity index is 1.72. The fraction of sp³-hybridized carbons (Fsp3) is 0.364. The van der Waals surface area contributed by atoms with Crippen molar-refractivity contribution in [3.63, 3.8) is 0 Å².